The van der Waals surface area contributed by atoms with E-state index < -0.39 is 110 Å². The molecule has 10 unspecified atom stereocenters. The second-order valence-electron chi connectivity index (χ2n) is 11.4. The van der Waals surface area contributed by atoms with Gasteiger partial charge in [0.1, 0.15) is 42.7 Å². The Hall–Kier alpha value is -1.17. The molecule has 4 aliphatic rings. The van der Waals surface area contributed by atoms with Gasteiger partial charge in [0.05, 0.1) is 36.9 Å². The van der Waals surface area contributed by atoms with Gasteiger partial charge in [0.15, 0.2) is 18.9 Å². The normalized spacial score (nSPS) is 48.7. The van der Waals surface area contributed by atoms with Gasteiger partial charge in [0.25, 0.3) is 5.91 Å². The second-order valence-corrected chi connectivity index (χ2v) is 11.4. The summed E-state index contributed by atoms with van der Waals surface area (Å²) in [6, 6.07) is -3.75. The van der Waals surface area contributed by atoms with Gasteiger partial charge in [0.2, 0.25) is 0 Å². The highest BCUT2D eigenvalue weighted by Crippen LogP contribution is 2.35. The Morgan fingerprint density at radius 3 is 2.24 bits per heavy atom. The number of carbonyl (C=O) groups excluding carboxylic acids is 1. The van der Waals surface area contributed by atoms with Gasteiger partial charge in [-0.3, -0.25) is 4.79 Å². The Balaban J connectivity index is 1.41. The quantitative estimate of drug-likeness (QED) is 0.115. The summed E-state index contributed by atoms with van der Waals surface area (Å²) in [5.41, 5.74) is 23.7. The fourth-order valence-corrected chi connectivity index (χ4v) is 6.00. The highest BCUT2D eigenvalue weighted by atomic mass is 16.8. The average Bonchev–Trinajstić information content (AvgIpc) is 2.94. The molecule has 3 saturated heterocycles. The van der Waals surface area contributed by atoms with Crippen molar-refractivity contribution in [1.82, 2.24) is 10.6 Å². The molecule has 0 bridgehead atoms. The van der Waals surface area contributed by atoms with Crippen LogP contribution in [-0.2, 0) is 28.5 Å². The zero-order valence-electron chi connectivity index (χ0n) is 23.3. The van der Waals surface area contributed by atoms with Crippen molar-refractivity contribution < 1.29 is 59.1 Å². The Bertz CT molecular complexity index is 881. The van der Waals surface area contributed by atoms with Gasteiger partial charge in [-0.25, -0.2) is 0 Å². The van der Waals surface area contributed by atoms with Crippen molar-refractivity contribution in [1.29, 1.82) is 0 Å². The van der Waals surface area contributed by atoms with Crippen LogP contribution in [0.25, 0.3) is 0 Å². The molecule has 1 saturated carbocycles. The summed E-state index contributed by atoms with van der Waals surface area (Å²) in [7, 11) is 1.54. The van der Waals surface area contributed by atoms with Crippen molar-refractivity contribution >= 4 is 5.91 Å². The van der Waals surface area contributed by atoms with E-state index in [-0.39, 0.29) is 19.0 Å². The van der Waals surface area contributed by atoms with E-state index in [1.54, 1.807) is 0 Å². The number of amides is 1. The van der Waals surface area contributed by atoms with Crippen molar-refractivity contribution in [3.05, 3.63) is 0 Å². The number of nitrogens with one attached hydrogen (secondary N) is 2. The number of ether oxygens (including phenoxy) is 5. The number of fused-ring (bicyclic) bond motifs is 1. The highest BCUT2D eigenvalue weighted by Gasteiger charge is 2.54. The maximum absolute atomic E-state index is 12.1. The van der Waals surface area contributed by atoms with Gasteiger partial charge >= 0.3 is 0 Å². The van der Waals surface area contributed by atoms with Crippen LogP contribution in [0.2, 0.25) is 0 Å². The van der Waals surface area contributed by atoms with Crippen LogP contribution < -0.4 is 33.6 Å². The van der Waals surface area contributed by atoms with Crippen LogP contribution in [0.4, 0.5) is 0 Å². The zero-order chi connectivity index (χ0) is 30.9. The molecule has 18 heteroatoms. The van der Waals surface area contributed by atoms with E-state index in [9.17, 15) is 35.4 Å². The summed E-state index contributed by atoms with van der Waals surface area (Å²) in [6.45, 7) is -1.06. The maximum atomic E-state index is 12.1. The first kappa shape index (κ1) is 33.7. The molecule has 3 aliphatic heterocycles. The lowest BCUT2D eigenvalue weighted by Gasteiger charge is -2.51. The third kappa shape index (κ3) is 7.04. The van der Waals surface area contributed by atoms with Crippen LogP contribution in [0.5, 0.6) is 0 Å². The lowest BCUT2D eigenvalue weighted by Crippen LogP contribution is -2.70. The number of nitrogens with two attached hydrogens (primary N) is 4. The van der Waals surface area contributed by atoms with E-state index in [0.717, 1.165) is 0 Å². The molecule has 1 amide bonds. The van der Waals surface area contributed by atoms with Crippen LogP contribution in [0, 0.1) is 0 Å². The lowest BCUT2D eigenvalue weighted by molar-refractivity contribution is -0.373. The van der Waals surface area contributed by atoms with Gasteiger partial charge in [0, 0.05) is 18.6 Å². The monoisotopic (exact) mass is 610 g/mol. The number of hydrogen-bond donors (Lipinski definition) is 12. The summed E-state index contributed by atoms with van der Waals surface area (Å²) >= 11 is 0. The second kappa shape index (κ2) is 14.3. The minimum absolute atomic E-state index is 0.161. The van der Waals surface area contributed by atoms with Crippen molar-refractivity contribution in [2.24, 2.45) is 22.9 Å². The summed E-state index contributed by atoms with van der Waals surface area (Å²) in [6.07, 6.45) is -13.7. The molecule has 0 aromatic rings. The number of aliphatic hydroxyl groups excluding tert-OH is 6. The van der Waals surface area contributed by atoms with Crippen LogP contribution in [-0.4, -0.2) is 161 Å². The average molecular weight is 611 g/mol. The van der Waals surface area contributed by atoms with E-state index >= 15 is 0 Å². The van der Waals surface area contributed by atoms with Crippen LogP contribution >= 0.6 is 0 Å². The molecule has 0 aromatic heterocycles. The molecule has 16 N–H and O–H groups in total. The van der Waals surface area contributed by atoms with Crippen LogP contribution in [0.3, 0.4) is 0 Å². The molecule has 17 atom stereocenters. The Kier molecular flexibility index (Phi) is 11.5. The molecule has 0 radical (unpaired) electrons. The molecule has 0 spiro atoms. The van der Waals surface area contributed by atoms with E-state index in [4.69, 9.17) is 46.6 Å². The smallest absolute Gasteiger partial charge is 0.250 e. The van der Waals surface area contributed by atoms with Crippen molar-refractivity contribution in [3.8, 4) is 0 Å². The first-order valence-electron chi connectivity index (χ1n) is 14.1. The molecule has 1 aliphatic carbocycles. The summed E-state index contributed by atoms with van der Waals surface area (Å²) < 4.78 is 29.6. The fourth-order valence-electron chi connectivity index (χ4n) is 6.00. The van der Waals surface area contributed by atoms with Crippen molar-refractivity contribution in [3.63, 3.8) is 0 Å². The van der Waals surface area contributed by atoms with Gasteiger partial charge in [-0.05, 0) is 26.3 Å². The predicted molar refractivity (Wildman–Crippen MR) is 141 cm³/mol. The molecule has 18 nitrogen and oxygen atoms in total. The Labute approximate surface area is 242 Å². The molecule has 4 rings (SSSR count). The molecule has 0 aromatic carbocycles. The number of likely N-dealkylation sites (N-methyl/N-ethyl adjacent to an activating group) is 1. The predicted octanol–water partition coefficient (Wildman–Crippen LogP) is -7.44. The van der Waals surface area contributed by atoms with Gasteiger partial charge in [-0.2, -0.15) is 0 Å². The summed E-state index contributed by atoms with van der Waals surface area (Å²) in [4.78, 5) is 12.1. The van der Waals surface area contributed by atoms with Crippen LogP contribution in [0.15, 0.2) is 0 Å². The third-order valence-electron chi connectivity index (χ3n) is 8.35. The molecule has 244 valence electrons. The van der Waals surface area contributed by atoms with Crippen molar-refractivity contribution in [2.75, 3.05) is 20.2 Å². The Morgan fingerprint density at radius 2 is 1.62 bits per heavy atom. The maximum Gasteiger partial charge on any atom is 0.250 e. The van der Waals surface area contributed by atoms with Crippen LogP contribution in [0.1, 0.15) is 19.3 Å². The largest absolute Gasteiger partial charge is 0.394 e. The highest BCUT2D eigenvalue weighted by molar-refractivity contribution is 5.81. The van der Waals surface area contributed by atoms with E-state index in [1.807, 2.05) is 0 Å². The van der Waals surface area contributed by atoms with E-state index in [0.29, 0.717) is 12.8 Å². The van der Waals surface area contributed by atoms with Gasteiger partial charge in [-0.15, -0.1) is 0 Å². The zero-order valence-corrected chi connectivity index (χ0v) is 23.3. The molecular weight excluding hydrogens is 564 g/mol. The molecule has 42 heavy (non-hydrogen) atoms. The molecular formula is C24H46N6O12. The van der Waals surface area contributed by atoms with Gasteiger partial charge in [-0.1, -0.05) is 0 Å². The topological polar surface area (TPSA) is 313 Å². The summed E-state index contributed by atoms with van der Waals surface area (Å²) in [5, 5.41) is 67.9. The van der Waals surface area contributed by atoms with Gasteiger partial charge < -0.3 is 87.9 Å². The molecule has 3 heterocycles. The minimum Gasteiger partial charge on any atom is -0.394 e. The number of aliphatic hydroxyl groups is 6. The molecule has 4 fully saturated rings. The van der Waals surface area contributed by atoms with Crippen molar-refractivity contribution in [2.45, 2.75) is 123 Å². The minimum atomic E-state index is -1.73. The van der Waals surface area contributed by atoms with E-state index in [1.165, 1.54) is 7.05 Å². The third-order valence-corrected chi connectivity index (χ3v) is 8.35. The SMILES string of the molecule is CNC1C(O[C@H]2OC(CO)[C@@H](NC(=O)[C@@H](O)CN)C(O)C2O)O[C@H]2CC(N)[C@@H](O[C@@H]3C(N)C[C@@H](N)CC3O)OC2C1O. The summed E-state index contributed by atoms with van der Waals surface area (Å²) in [5.74, 6) is -0.922. The van der Waals surface area contributed by atoms with E-state index in [2.05, 4.69) is 10.6 Å². The Morgan fingerprint density at radius 1 is 0.905 bits per heavy atom. The lowest BCUT2D eigenvalue weighted by atomic mass is 9.86. The first-order valence-corrected chi connectivity index (χ1v) is 14.1. The fraction of sp³-hybridized carbons (Fsp3) is 0.958. The number of hydrogen-bond acceptors (Lipinski definition) is 17. The standard InChI is InChI=1S/C24H46N6O12/c1-29-15-17(35)20-12(4-9(28)22(41-20)40-19-8(27)2-7(26)3-10(19)32)38-23(15)42-24-18(36)16(34)14(13(6-31)39-24)30-21(37)11(33)5-25/h7-20,22-24,29,31-36H,2-6,25-28H2,1H3,(H,30,37)/t7-,8?,9?,10?,11+,12+,13?,14-,15?,16?,17?,18?,19-,20?,22+,23?,24-/m1/s1. The first-order chi connectivity index (χ1) is 19.9. The number of rotatable bonds is 9. The number of carbonyl (C=O) groups is 1.